The van der Waals surface area contributed by atoms with E-state index in [4.69, 9.17) is 0 Å². The number of para-hydroxylation sites is 1. The number of unbranched alkanes of at least 4 members (excludes halogenated alkanes) is 5. The molecule has 0 bridgehead atoms. The molecule has 0 heterocycles. The molecule has 5 nitrogen and oxygen atoms in total. The molecule has 6 heteroatoms. The second kappa shape index (κ2) is 14.3. The maximum Gasteiger partial charge on any atom is 0.293 e. The van der Waals surface area contributed by atoms with Crippen molar-refractivity contribution in [2.75, 3.05) is 12.4 Å². The Balaban J connectivity index is 0.000000506. The number of aryl methyl sites for hydroxylation is 1. The quantitative estimate of drug-likeness (QED) is 0.355. The lowest BCUT2D eigenvalue weighted by Crippen LogP contribution is -2.08. The Labute approximate surface area is 147 Å². The molecule has 0 aliphatic rings. The summed E-state index contributed by atoms with van der Waals surface area (Å²) in [5.74, 6) is 0.388. The number of hydrogen-bond acceptors (Lipinski definition) is 5. The van der Waals surface area contributed by atoms with E-state index in [2.05, 4.69) is 16.1 Å². The van der Waals surface area contributed by atoms with Crippen LogP contribution in [0.5, 0.6) is 5.75 Å². The highest BCUT2D eigenvalue weighted by Crippen LogP contribution is 2.18. The summed E-state index contributed by atoms with van der Waals surface area (Å²) >= 11 is 0. The Kier molecular flexibility index (Phi) is 13.6. The van der Waals surface area contributed by atoms with Gasteiger partial charge in [0.25, 0.3) is 10.1 Å². The highest BCUT2D eigenvalue weighted by atomic mass is 32.2. The first-order valence-electron chi connectivity index (χ1n) is 8.77. The highest BCUT2D eigenvalue weighted by Gasteiger charge is 2.06. The fourth-order valence-electron chi connectivity index (χ4n) is 1.99. The van der Waals surface area contributed by atoms with Crippen molar-refractivity contribution in [3.8, 4) is 5.75 Å². The molecule has 0 atom stereocenters. The zero-order valence-electron chi connectivity index (χ0n) is 15.2. The highest BCUT2D eigenvalue weighted by molar-refractivity contribution is 7.86. The van der Waals surface area contributed by atoms with Gasteiger partial charge in [0.2, 0.25) is 0 Å². The van der Waals surface area contributed by atoms with Crippen molar-refractivity contribution in [3.63, 3.8) is 0 Å². The summed E-state index contributed by atoms with van der Waals surface area (Å²) in [7, 11) is -3.40. The summed E-state index contributed by atoms with van der Waals surface area (Å²) in [6.45, 7) is 5.60. The number of benzene rings is 1. The fraction of sp³-hybridized carbons (Fsp3) is 0.667. The number of phenols is 1. The smallest absolute Gasteiger partial charge is 0.293 e. The van der Waals surface area contributed by atoms with Crippen LogP contribution in [0.4, 0.5) is 0 Å². The second-order valence-electron chi connectivity index (χ2n) is 5.47. The van der Waals surface area contributed by atoms with Gasteiger partial charge in [-0.15, -0.1) is 4.33 Å². The average Bonchev–Trinajstić information content (AvgIpc) is 2.58. The second-order valence-corrected chi connectivity index (χ2v) is 7.30. The molecule has 0 aromatic heterocycles. The van der Waals surface area contributed by atoms with Gasteiger partial charge in [-0.1, -0.05) is 57.2 Å². The van der Waals surface area contributed by atoms with E-state index in [0.29, 0.717) is 5.75 Å². The summed E-state index contributed by atoms with van der Waals surface area (Å²) in [4.78, 5) is 4.20. The third-order valence-electron chi connectivity index (χ3n) is 3.41. The molecule has 0 aliphatic carbocycles. The molecule has 0 fully saturated rings. The lowest BCUT2D eigenvalue weighted by atomic mass is 10.0. The molecule has 0 aliphatic heterocycles. The Hall–Kier alpha value is -1.11. The Bertz CT molecular complexity index is 514. The van der Waals surface area contributed by atoms with Crippen LogP contribution in [0, 0.1) is 0 Å². The van der Waals surface area contributed by atoms with Crippen LogP contribution in [0.15, 0.2) is 24.3 Å². The third-order valence-corrected chi connectivity index (χ3v) is 4.43. The van der Waals surface area contributed by atoms with Crippen molar-refractivity contribution < 1.29 is 22.7 Å². The lowest BCUT2D eigenvalue weighted by molar-refractivity contribution is -0.196. The van der Waals surface area contributed by atoms with E-state index >= 15 is 0 Å². The minimum absolute atomic E-state index is 0.0625. The van der Waals surface area contributed by atoms with Crippen LogP contribution in [0.1, 0.15) is 64.9 Å². The number of hydrogen-bond donors (Lipinski definition) is 1. The molecule has 1 aromatic carbocycles. The molecule has 1 aromatic rings. The monoisotopic (exact) mass is 360 g/mol. The van der Waals surface area contributed by atoms with Crippen LogP contribution in [-0.4, -0.2) is 25.9 Å². The van der Waals surface area contributed by atoms with E-state index in [1.54, 1.807) is 13.0 Å². The minimum atomic E-state index is -3.40. The first-order valence-corrected chi connectivity index (χ1v) is 10.3. The molecular weight excluding hydrogens is 328 g/mol. The Morgan fingerprint density at radius 3 is 2.17 bits per heavy atom. The summed E-state index contributed by atoms with van der Waals surface area (Å²) in [5.41, 5.74) is 1.09. The molecule has 0 amide bonds. The maximum atomic E-state index is 10.4. The molecule has 1 rings (SSSR count). The SMILES string of the molecule is CCCCCCCCc1ccccc1O.CCOOS(=O)(=O)CC. The van der Waals surface area contributed by atoms with Crippen LogP contribution in [0.25, 0.3) is 0 Å². The van der Waals surface area contributed by atoms with Gasteiger partial charge in [0.05, 0.1) is 12.4 Å². The number of phenolic OH excluding ortho intramolecular Hbond substituents is 1. The predicted molar refractivity (Wildman–Crippen MR) is 97.4 cm³/mol. The molecule has 0 unspecified atom stereocenters. The van der Waals surface area contributed by atoms with Crippen molar-refractivity contribution in [2.45, 2.75) is 65.7 Å². The van der Waals surface area contributed by atoms with E-state index in [9.17, 15) is 13.5 Å². The molecule has 0 saturated carbocycles. The summed E-state index contributed by atoms with van der Waals surface area (Å²) in [6.07, 6.45) is 8.85. The van der Waals surface area contributed by atoms with Gasteiger partial charge < -0.3 is 5.11 Å². The van der Waals surface area contributed by atoms with E-state index in [1.165, 1.54) is 45.4 Å². The summed E-state index contributed by atoms with van der Waals surface area (Å²) < 4.78 is 24.8. The van der Waals surface area contributed by atoms with Gasteiger partial charge in [0.15, 0.2) is 0 Å². The Morgan fingerprint density at radius 1 is 0.958 bits per heavy atom. The van der Waals surface area contributed by atoms with Crippen LogP contribution in [0.3, 0.4) is 0 Å². The van der Waals surface area contributed by atoms with Crippen molar-refractivity contribution in [2.24, 2.45) is 0 Å². The van der Waals surface area contributed by atoms with Crippen molar-refractivity contribution in [3.05, 3.63) is 29.8 Å². The molecule has 24 heavy (non-hydrogen) atoms. The number of rotatable bonds is 11. The molecule has 0 radical (unpaired) electrons. The summed E-state index contributed by atoms with van der Waals surface area (Å²) in [6, 6.07) is 7.65. The van der Waals surface area contributed by atoms with Crippen LogP contribution in [-0.2, 0) is 25.8 Å². The minimum Gasteiger partial charge on any atom is -0.508 e. The van der Waals surface area contributed by atoms with Crippen LogP contribution >= 0.6 is 0 Å². The van der Waals surface area contributed by atoms with Crippen molar-refractivity contribution in [1.82, 2.24) is 0 Å². The zero-order valence-corrected chi connectivity index (χ0v) is 16.0. The third kappa shape index (κ3) is 12.3. The normalized spacial score (nSPS) is 11.0. The van der Waals surface area contributed by atoms with E-state index in [0.717, 1.165) is 12.0 Å². The lowest BCUT2D eigenvalue weighted by Gasteiger charge is -2.03. The van der Waals surface area contributed by atoms with Crippen molar-refractivity contribution >= 4 is 10.1 Å². The van der Waals surface area contributed by atoms with Gasteiger partial charge in [-0.25, -0.2) is 4.89 Å². The summed E-state index contributed by atoms with van der Waals surface area (Å²) in [5, 5.41) is 9.55. The molecule has 0 spiro atoms. The van der Waals surface area contributed by atoms with Gasteiger partial charge in [-0.2, -0.15) is 8.42 Å². The number of aromatic hydroxyl groups is 1. The first kappa shape index (κ1) is 22.9. The Morgan fingerprint density at radius 2 is 1.58 bits per heavy atom. The average molecular weight is 361 g/mol. The van der Waals surface area contributed by atoms with Crippen molar-refractivity contribution in [1.29, 1.82) is 0 Å². The standard InChI is InChI=1S/C14H22O.C4H10O4S/c1-2-3-4-5-6-7-10-13-11-8-9-12-14(13)15;1-3-7-8-9(5,6)4-2/h8-9,11-12,15H,2-7,10H2,1H3;3-4H2,1-2H3. The van der Waals surface area contributed by atoms with Crippen LogP contribution in [0.2, 0.25) is 0 Å². The fourth-order valence-corrected chi connectivity index (χ4v) is 2.33. The van der Waals surface area contributed by atoms with Gasteiger partial charge in [0, 0.05) is 0 Å². The van der Waals surface area contributed by atoms with Crippen LogP contribution < -0.4 is 0 Å². The van der Waals surface area contributed by atoms with Gasteiger partial charge >= 0.3 is 0 Å². The molecule has 0 saturated heterocycles. The molecule has 1 N–H and O–H groups in total. The van der Waals surface area contributed by atoms with E-state index < -0.39 is 10.1 Å². The topological polar surface area (TPSA) is 72.8 Å². The van der Waals surface area contributed by atoms with Gasteiger partial charge in [0.1, 0.15) is 5.75 Å². The maximum absolute atomic E-state index is 10.4. The molecular formula is C18H32O5S. The van der Waals surface area contributed by atoms with E-state index in [1.807, 2.05) is 18.2 Å². The zero-order chi connectivity index (χ0) is 18.3. The van der Waals surface area contributed by atoms with E-state index in [-0.39, 0.29) is 12.4 Å². The largest absolute Gasteiger partial charge is 0.508 e. The predicted octanol–water partition coefficient (Wildman–Crippen LogP) is 4.60. The van der Waals surface area contributed by atoms with Gasteiger partial charge in [-0.05, 0) is 38.3 Å². The first-order chi connectivity index (χ1) is 11.5. The molecule has 140 valence electrons. The van der Waals surface area contributed by atoms with Gasteiger partial charge in [-0.3, -0.25) is 0 Å².